The topological polar surface area (TPSA) is 113 Å². The van der Waals surface area contributed by atoms with E-state index in [0.29, 0.717) is 11.3 Å². The Morgan fingerprint density at radius 3 is 1.67 bits per heavy atom. The lowest BCUT2D eigenvalue weighted by molar-refractivity contribution is -0.137. The van der Waals surface area contributed by atoms with Gasteiger partial charge < -0.3 is 15.7 Å². The van der Waals surface area contributed by atoms with Crippen molar-refractivity contribution in [3.8, 4) is 0 Å². The van der Waals surface area contributed by atoms with Crippen LogP contribution in [0.4, 0.5) is 11.4 Å². The Balaban J connectivity index is 0.000000309. The molecule has 0 saturated heterocycles. The molecule has 0 unspecified atom stereocenters. The van der Waals surface area contributed by atoms with Crippen molar-refractivity contribution in [3.63, 3.8) is 0 Å². The molecule has 0 fully saturated rings. The summed E-state index contributed by atoms with van der Waals surface area (Å²) in [5.41, 5.74) is 1.89. The number of benzene rings is 2. The molecule has 2 amide bonds. The van der Waals surface area contributed by atoms with Crippen molar-refractivity contribution in [2.75, 3.05) is 10.6 Å². The second kappa shape index (κ2) is 11.2. The fraction of sp³-hybridized carbons (Fsp3) is 0.200. The first kappa shape index (κ1) is 21.6. The summed E-state index contributed by atoms with van der Waals surface area (Å²) in [6.45, 7) is 2.89. The third-order valence-electron chi connectivity index (χ3n) is 3.19. The fourth-order valence-electron chi connectivity index (χ4n) is 2.03. The number of ketones is 1. The van der Waals surface area contributed by atoms with Crippen LogP contribution in [0.3, 0.4) is 0 Å². The molecular formula is C20H22N2O5. The normalized spacial score (nSPS) is 9.41. The Morgan fingerprint density at radius 2 is 1.22 bits per heavy atom. The molecule has 0 aliphatic rings. The molecule has 0 aromatic heterocycles. The lowest BCUT2D eigenvalue weighted by atomic mass is 10.1. The molecular weight excluding hydrogens is 348 g/mol. The number of aliphatic carboxylic acids is 1. The minimum atomic E-state index is -0.992. The molecule has 0 atom stereocenters. The standard InChI is InChI=1S/C12H13NO4.C8H9NO/c1-8(14)13-10-4-2-9(3-5-10)11(15)6-7-12(16)17;1-7(10)9-8-5-3-2-4-6-8/h2-5H,6-7H2,1H3,(H,13,14)(H,16,17);2-6H,1H3,(H,9,10). The van der Waals surface area contributed by atoms with Gasteiger partial charge in [0, 0.05) is 37.2 Å². The Hall–Kier alpha value is -3.48. The van der Waals surface area contributed by atoms with Crippen LogP contribution in [0.15, 0.2) is 54.6 Å². The van der Waals surface area contributed by atoms with Gasteiger partial charge in [0.1, 0.15) is 0 Å². The number of hydrogen-bond donors (Lipinski definition) is 3. The van der Waals surface area contributed by atoms with E-state index < -0.39 is 5.97 Å². The number of rotatable bonds is 6. The maximum Gasteiger partial charge on any atom is 0.303 e. The van der Waals surface area contributed by atoms with E-state index in [1.54, 1.807) is 24.3 Å². The number of carboxylic acids is 1. The molecule has 7 heteroatoms. The van der Waals surface area contributed by atoms with Crippen LogP contribution >= 0.6 is 0 Å². The molecule has 0 saturated carbocycles. The Bertz CT molecular complexity index is 786. The molecule has 2 aromatic rings. The summed E-state index contributed by atoms with van der Waals surface area (Å²) in [6, 6.07) is 15.7. The molecule has 7 nitrogen and oxygen atoms in total. The number of anilines is 2. The first-order valence-electron chi connectivity index (χ1n) is 8.23. The highest BCUT2D eigenvalue weighted by Crippen LogP contribution is 2.12. The number of Topliss-reactive ketones (excluding diaryl/α,β-unsaturated/α-hetero) is 1. The molecule has 0 aliphatic heterocycles. The third kappa shape index (κ3) is 9.54. The zero-order valence-electron chi connectivity index (χ0n) is 15.2. The van der Waals surface area contributed by atoms with Gasteiger partial charge in [-0.25, -0.2) is 0 Å². The van der Waals surface area contributed by atoms with Crippen molar-refractivity contribution in [2.45, 2.75) is 26.7 Å². The highest BCUT2D eigenvalue weighted by Gasteiger charge is 2.08. The number of para-hydroxylation sites is 1. The van der Waals surface area contributed by atoms with Crippen LogP contribution in [0, 0.1) is 0 Å². The first-order chi connectivity index (χ1) is 12.8. The van der Waals surface area contributed by atoms with E-state index in [1.807, 2.05) is 30.3 Å². The number of hydrogen-bond acceptors (Lipinski definition) is 4. The minimum Gasteiger partial charge on any atom is -0.481 e. The highest BCUT2D eigenvalue weighted by molar-refractivity contribution is 5.98. The van der Waals surface area contributed by atoms with E-state index in [0.717, 1.165) is 5.69 Å². The largest absolute Gasteiger partial charge is 0.481 e. The van der Waals surface area contributed by atoms with Gasteiger partial charge in [-0.2, -0.15) is 0 Å². The molecule has 0 bridgehead atoms. The van der Waals surface area contributed by atoms with E-state index in [1.165, 1.54) is 13.8 Å². The summed E-state index contributed by atoms with van der Waals surface area (Å²) in [7, 11) is 0. The Kier molecular flexibility index (Phi) is 8.94. The first-order valence-corrected chi connectivity index (χ1v) is 8.23. The average Bonchev–Trinajstić information content (AvgIpc) is 2.60. The van der Waals surface area contributed by atoms with Crippen LogP contribution in [0.25, 0.3) is 0 Å². The SMILES string of the molecule is CC(=O)Nc1ccc(C(=O)CCC(=O)O)cc1.CC(=O)Nc1ccccc1. The predicted molar refractivity (Wildman–Crippen MR) is 103 cm³/mol. The highest BCUT2D eigenvalue weighted by atomic mass is 16.4. The van der Waals surface area contributed by atoms with Gasteiger partial charge in [-0.15, -0.1) is 0 Å². The summed E-state index contributed by atoms with van der Waals surface area (Å²) < 4.78 is 0. The lowest BCUT2D eigenvalue weighted by Gasteiger charge is -2.03. The van der Waals surface area contributed by atoms with Crippen molar-refractivity contribution in [1.82, 2.24) is 0 Å². The van der Waals surface area contributed by atoms with Crippen molar-refractivity contribution in [1.29, 1.82) is 0 Å². The van der Waals surface area contributed by atoms with Crippen molar-refractivity contribution >= 4 is 34.9 Å². The number of carbonyl (C=O) groups is 4. The van der Waals surface area contributed by atoms with E-state index in [9.17, 15) is 19.2 Å². The number of carboxylic acid groups (broad SMARTS) is 1. The summed E-state index contributed by atoms with van der Waals surface area (Å²) in [5, 5.41) is 13.7. The zero-order valence-corrected chi connectivity index (χ0v) is 15.2. The maximum atomic E-state index is 11.5. The van der Waals surface area contributed by atoms with E-state index in [2.05, 4.69) is 10.6 Å². The second-order valence-corrected chi connectivity index (χ2v) is 5.62. The van der Waals surface area contributed by atoms with Gasteiger partial charge in [0.25, 0.3) is 0 Å². The predicted octanol–water partition coefficient (Wildman–Crippen LogP) is 3.34. The van der Waals surface area contributed by atoms with E-state index >= 15 is 0 Å². The van der Waals surface area contributed by atoms with Gasteiger partial charge in [-0.1, -0.05) is 18.2 Å². The van der Waals surface area contributed by atoms with E-state index in [4.69, 9.17) is 5.11 Å². The van der Waals surface area contributed by atoms with Crippen molar-refractivity contribution in [2.24, 2.45) is 0 Å². The summed E-state index contributed by atoms with van der Waals surface area (Å²) >= 11 is 0. The lowest BCUT2D eigenvalue weighted by Crippen LogP contribution is -2.07. The minimum absolute atomic E-state index is 0.0190. The van der Waals surface area contributed by atoms with Gasteiger partial charge in [0.2, 0.25) is 11.8 Å². The summed E-state index contributed by atoms with van der Waals surface area (Å²) in [4.78, 5) is 43.1. The molecule has 2 aromatic carbocycles. The monoisotopic (exact) mass is 370 g/mol. The molecule has 0 radical (unpaired) electrons. The Morgan fingerprint density at radius 1 is 0.741 bits per heavy atom. The van der Waals surface area contributed by atoms with Gasteiger partial charge >= 0.3 is 5.97 Å². The number of amides is 2. The summed E-state index contributed by atoms with van der Waals surface area (Å²) in [5.74, 6) is -1.43. The zero-order chi connectivity index (χ0) is 20.2. The van der Waals surface area contributed by atoms with Gasteiger partial charge in [0.15, 0.2) is 5.78 Å². The van der Waals surface area contributed by atoms with Crippen LogP contribution in [-0.2, 0) is 14.4 Å². The number of carbonyl (C=O) groups excluding carboxylic acids is 3. The molecule has 27 heavy (non-hydrogen) atoms. The quantitative estimate of drug-likeness (QED) is 0.675. The molecule has 0 aliphatic carbocycles. The van der Waals surface area contributed by atoms with Crippen molar-refractivity contribution in [3.05, 3.63) is 60.2 Å². The van der Waals surface area contributed by atoms with Crippen LogP contribution in [-0.4, -0.2) is 28.7 Å². The van der Waals surface area contributed by atoms with Crippen LogP contribution in [0.2, 0.25) is 0 Å². The van der Waals surface area contributed by atoms with Crippen LogP contribution in [0.1, 0.15) is 37.0 Å². The smallest absolute Gasteiger partial charge is 0.303 e. The van der Waals surface area contributed by atoms with Gasteiger partial charge in [-0.3, -0.25) is 19.2 Å². The average molecular weight is 370 g/mol. The van der Waals surface area contributed by atoms with E-state index in [-0.39, 0.29) is 30.4 Å². The Labute approximate surface area is 157 Å². The summed E-state index contributed by atoms with van der Waals surface area (Å²) in [6.07, 6.45) is -0.193. The van der Waals surface area contributed by atoms with Crippen LogP contribution in [0.5, 0.6) is 0 Å². The molecule has 0 heterocycles. The second-order valence-electron chi connectivity index (χ2n) is 5.62. The molecule has 142 valence electrons. The van der Waals surface area contributed by atoms with Gasteiger partial charge in [0.05, 0.1) is 6.42 Å². The maximum absolute atomic E-state index is 11.5. The van der Waals surface area contributed by atoms with Gasteiger partial charge in [-0.05, 0) is 36.4 Å². The third-order valence-corrected chi connectivity index (χ3v) is 3.19. The fourth-order valence-corrected chi connectivity index (χ4v) is 2.03. The molecule has 2 rings (SSSR count). The van der Waals surface area contributed by atoms with Crippen LogP contribution < -0.4 is 10.6 Å². The van der Waals surface area contributed by atoms with Crippen molar-refractivity contribution < 1.29 is 24.3 Å². The number of nitrogens with one attached hydrogen (secondary N) is 2. The molecule has 0 spiro atoms. The molecule has 3 N–H and O–H groups in total.